The van der Waals surface area contributed by atoms with E-state index in [0.29, 0.717) is 27.4 Å². The van der Waals surface area contributed by atoms with Gasteiger partial charge in [0.05, 0.1) is 22.0 Å². The fraction of sp³-hybridized carbons (Fsp3) is 0.417. The van der Waals surface area contributed by atoms with Crippen molar-refractivity contribution in [2.75, 3.05) is 17.1 Å². The second-order valence-electron chi connectivity index (χ2n) is 8.38. The van der Waals surface area contributed by atoms with E-state index in [-0.39, 0.29) is 29.7 Å². The highest BCUT2D eigenvalue weighted by atomic mass is 35.5. The van der Waals surface area contributed by atoms with Crippen molar-refractivity contribution in [2.45, 2.75) is 52.2 Å². The molecule has 1 N–H and O–H groups in total. The molecule has 0 saturated carbocycles. The van der Waals surface area contributed by atoms with Crippen LogP contribution in [0.25, 0.3) is 0 Å². The van der Waals surface area contributed by atoms with Gasteiger partial charge in [0.1, 0.15) is 12.6 Å². The summed E-state index contributed by atoms with van der Waals surface area (Å²) in [6.45, 7) is 4.64. The van der Waals surface area contributed by atoms with Crippen LogP contribution in [-0.4, -0.2) is 50.0 Å². The molecule has 36 heavy (non-hydrogen) atoms. The molecule has 2 amide bonds. The van der Waals surface area contributed by atoms with Crippen LogP contribution >= 0.6 is 23.2 Å². The summed E-state index contributed by atoms with van der Waals surface area (Å²) < 4.78 is 53.0. The van der Waals surface area contributed by atoms with Crippen molar-refractivity contribution in [1.82, 2.24) is 10.2 Å². The molecule has 2 rings (SSSR count). The molecule has 0 unspecified atom stereocenters. The molecule has 0 radical (unpaired) electrons. The normalized spacial score (nSPS) is 13.1. The molecule has 0 bridgehead atoms. The highest BCUT2D eigenvalue weighted by Crippen LogP contribution is 2.25. The number of amides is 2. The van der Waals surface area contributed by atoms with Crippen LogP contribution in [0.5, 0.6) is 0 Å². The van der Waals surface area contributed by atoms with Crippen LogP contribution < -0.4 is 9.62 Å². The van der Waals surface area contributed by atoms with Crippen molar-refractivity contribution in [2.24, 2.45) is 0 Å². The van der Waals surface area contributed by atoms with Crippen molar-refractivity contribution < 1.29 is 26.8 Å². The SMILES string of the molecule is CC[C@@H](C)NC(=O)[C@@H](CC)N(Cc1ccc(Cl)c(Cl)c1)C(=O)CN(c1ccc(F)c(F)c1)S(C)(=O)=O. The Bertz CT molecular complexity index is 1210. The fourth-order valence-corrected chi connectivity index (χ4v) is 4.61. The smallest absolute Gasteiger partial charge is 0.244 e. The summed E-state index contributed by atoms with van der Waals surface area (Å²) in [6.07, 6.45) is 1.75. The van der Waals surface area contributed by atoms with E-state index in [1.807, 2.05) is 13.8 Å². The molecule has 2 aromatic rings. The van der Waals surface area contributed by atoms with Crippen molar-refractivity contribution in [3.63, 3.8) is 0 Å². The number of sulfonamides is 1. The lowest BCUT2D eigenvalue weighted by Crippen LogP contribution is -2.53. The molecule has 0 fully saturated rings. The fourth-order valence-electron chi connectivity index (χ4n) is 3.45. The molecule has 0 heterocycles. The van der Waals surface area contributed by atoms with Gasteiger partial charge in [0.15, 0.2) is 11.6 Å². The van der Waals surface area contributed by atoms with Gasteiger partial charge in [0.2, 0.25) is 21.8 Å². The molecule has 0 aliphatic rings. The van der Waals surface area contributed by atoms with Crippen LogP contribution in [0.3, 0.4) is 0 Å². The van der Waals surface area contributed by atoms with Gasteiger partial charge in [-0.25, -0.2) is 17.2 Å². The summed E-state index contributed by atoms with van der Waals surface area (Å²) in [5.41, 5.74) is 0.336. The molecule has 2 atom stereocenters. The minimum absolute atomic E-state index is 0.0719. The largest absolute Gasteiger partial charge is 0.352 e. The van der Waals surface area contributed by atoms with Crippen molar-refractivity contribution in [3.05, 3.63) is 63.6 Å². The third-order valence-corrected chi connectivity index (χ3v) is 7.47. The van der Waals surface area contributed by atoms with Gasteiger partial charge >= 0.3 is 0 Å². The third kappa shape index (κ3) is 7.78. The van der Waals surface area contributed by atoms with Gasteiger partial charge in [0, 0.05) is 18.7 Å². The van der Waals surface area contributed by atoms with E-state index >= 15 is 0 Å². The number of rotatable bonds is 11. The van der Waals surface area contributed by atoms with Gasteiger partial charge in [-0.15, -0.1) is 0 Å². The van der Waals surface area contributed by atoms with E-state index in [1.165, 1.54) is 4.90 Å². The molecule has 2 aromatic carbocycles. The highest BCUT2D eigenvalue weighted by molar-refractivity contribution is 7.92. The maximum absolute atomic E-state index is 13.9. The lowest BCUT2D eigenvalue weighted by atomic mass is 10.1. The van der Waals surface area contributed by atoms with Crippen LogP contribution in [0.1, 0.15) is 39.2 Å². The summed E-state index contributed by atoms with van der Waals surface area (Å²) >= 11 is 12.1. The molecule has 0 aliphatic carbocycles. The summed E-state index contributed by atoms with van der Waals surface area (Å²) in [5.74, 6) is -3.55. The monoisotopic (exact) mass is 563 g/mol. The van der Waals surface area contributed by atoms with Crippen LogP contribution in [0.15, 0.2) is 36.4 Å². The average molecular weight is 564 g/mol. The van der Waals surface area contributed by atoms with Gasteiger partial charge in [-0.2, -0.15) is 0 Å². The summed E-state index contributed by atoms with van der Waals surface area (Å²) in [6, 6.07) is 6.17. The molecular formula is C24H29Cl2F2N3O4S. The Kier molecular flexibility index (Phi) is 10.5. The van der Waals surface area contributed by atoms with E-state index in [9.17, 15) is 26.8 Å². The molecule has 7 nitrogen and oxygen atoms in total. The Morgan fingerprint density at radius 1 is 1.00 bits per heavy atom. The van der Waals surface area contributed by atoms with E-state index in [2.05, 4.69) is 5.32 Å². The second-order valence-corrected chi connectivity index (χ2v) is 11.1. The Morgan fingerprint density at radius 2 is 1.67 bits per heavy atom. The molecule has 0 aliphatic heterocycles. The number of nitrogens with one attached hydrogen (secondary N) is 1. The Balaban J connectivity index is 2.48. The maximum Gasteiger partial charge on any atom is 0.244 e. The Morgan fingerprint density at radius 3 is 2.19 bits per heavy atom. The van der Waals surface area contributed by atoms with Gasteiger partial charge in [0.25, 0.3) is 0 Å². The standard InChI is InChI=1S/C24H29Cl2F2N3O4S/c1-5-15(3)29-24(33)22(6-2)30(13-16-7-9-18(25)19(26)11-16)23(32)14-31(36(4,34)35)17-8-10-20(27)21(28)12-17/h7-12,15,22H,5-6,13-14H2,1-4H3,(H,29,33)/t15-,22-/m1/s1. The quantitative estimate of drug-likeness (QED) is 0.427. The van der Waals surface area contributed by atoms with Gasteiger partial charge in [-0.05, 0) is 49.6 Å². The van der Waals surface area contributed by atoms with E-state index < -0.39 is 46.1 Å². The first-order chi connectivity index (χ1) is 16.8. The first-order valence-corrected chi connectivity index (χ1v) is 13.8. The van der Waals surface area contributed by atoms with Crippen LogP contribution in [0.4, 0.5) is 14.5 Å². The lowest BCUT2D eigenvalue weighted by molar-refractivity contribution is -0.140. The van der Waals surface area contributed by atoms with Crippen molar-refractivity contribution >= 4 is 50.7 Å². The minimum Gasteiger partial charge on any atom is -0.352 e. The van der Waals surface area contributed by atoms with Crippen molar-refractivity contribution in [3.8, 4) is 0 Å². The van der Waals surface area contributed by atoms with E-state index in [4.69, 9.17) is 23.2 Å². The van der Waals surface area contributed by atoms with E-state index in [0.717, 1.165) is 18.4 Å². The van der Waals surface area contributed by atoms with E-state index in [1.54, 1.807) is 25.1 Å². The number of nitrogens with zero attached hydrogens (tertiary/aromatic N) is 2. The number of hydrogen-bond donors (Lipinski definition) is 1. The molecule has 0 saturated heterocycles. The van der Waals surface area contributed by atoms with Crippen LogP contribution in [0, 0.1) is 11.6 Å². The zero-order valence-corrected chi connectivity index (χ0v) is 22.7. The highest BCUT2D eigenvalue weighted by Gasteiger charge is 2.32. The summed E-state index contributed by atoms with van der Waals surface area (Å²) in [7, 11) is -4.08. The number of benzene rings is 2. The number of halogens is 4. The third-order valence-electron chi connectivity index (χ3n) is 5.59. The maximum atomic E-state index is 13.9. The predicted molar refractivity (Wildman–Crippen MR) is 138 cm³/mol. The summed E-state index contributed by atoms with van der Waals surface area (Å²) in [4.78, 5) is 27.9. The average Bonchev–Trinajstić information content (AvgIpc) is 2.80. The molecule has 0 spiro atoms. The number of carbonyl (C=O) groups is 2. The van der Waals surface area contributed by atoms with Gasteiger partial charge < -0.3 is 10.2 Å². The zero-order valence-electron chi connectivity index (χ0n) is 20.4. The number of anilines is 1. The number of carbonyl (C=O) groups excluding carboxylic acids is 2. The predicted octanol–water partition coefficient (Wildman–Crippen LogP) is 4.76. The first-order valence-electron chi connectivity index (χ1n) is 11.2. The van der Waals surface area contributed by atoms with Gasteiger partial charge in [-0.1, -0.05) is 43.1 Å². The number of hydrogen-bond acceptors (Lipinski definition) is 4. The van der Waals surface area contributed by atoms with Gasteiger partial charge in [-0.3, -0.25) is 13.9 Å². The second kappa shape index (κ2) is 12.7. The summed E-state index contributed by atoms with van der Waals surface area (Å²) in [5, 5.41) is 3.40. The first kappa shape index (κ1) is 29.8. The molecular weight excluding hydrogens is 535 g/mol. The molecule has 0 aromatic heterocycles. The lowest BCUT2D eigenvalue weighted by Gasteiger charge is -2.33. The molecule has 198 valence electrons. The zero-order chi connectivity index (χ0) is 27.2. The Labute approximate surface area is 220 Å². The topological polar surface area (TPSA) is 86.8 Å². The van der Waals surface area contributed by atoms with Crippen LogP contribution in [0.2, 0.25) is 10.0 Å². The van der Waals surface area contributed by atoms with Crippen LogP contribution in [-0.2, 0) is 26.2 Å². The molecule has 12 heteroatoms. The Hall–Kier alpha value is -2.43. The minimum atomic E-state index is -4.08. The van der Waals surface area contributed by atoms with Crippen molar-refractivity contribution in [1.29, 1.82) is 0 Å².